The molecule has 0 saturated heterocycles. The summed E-state index contributed by atoms with van der Waals surface area (Å²) in [5.41, 5.74) is 3.75. The Bertz CT molecular complexity index is 1790. The number of fused-ring (bicyclic) bond motifs is 1. The van der Waals surface area contributed by atoms with Crippen molar-refractivity contribution >= 4 is 10.8 Å². The third kappa shape index (κ3) is 8.31. The van der Waals surface area contributed by atoms with Crippen LogP contribution in [0.25, 0.3) is 33.2 Å². The van der Waals surface area contributed by atoms with Crippen molar-refractivity contribution < 1.29 is 36.7 Å². The molecule has 4 heteroatoms. The van der Waals surface area contributed by atoms with Crippen LogP contribution < -0.4 is 9.47 Å². The molecule has 1 radical (unpaired) electrons. The van der Waals surface area contributed by atoms with Gasteiger partial charge in [-0.3, -0.25) is 0 Å². The van der Waals surface area contributed by atoms with E-state index in [4.69, 9.17) is 15.9 Å². The summed E-state index contributed by atoms with van der Waals surface area (Å²) >= 11 is 0. The number of unbranched alkanes of at least 4 members (excludes halogenated alkanes) is 2. The zero-order valence-corrected chi connectivity index (χ0v) is 24.3. The van der Waals surface area contributed by atoms with E-state index in [1.165, 1.54) is 0 Å². The quantitative estimate of drug-likeness (QED) is 0.105. The zero-order valence-electron chi connectivity index (χ0n) is 21.9. The van der Waals surface area contributed by atoms with Crippen molar-refractivity contribution in [2.75, 3.05) is 6.61 Å². The van der Waals surface area contributed by atoms with E-state index in [0.717, 1.165) is 52.4 Å². The van der Waals surface area contributed by atoms with Crippen LogP contribution in [-0.4, -0.2) is 11.6 Å². The first-order chi connectivity index (χ1) is 19.3. The van der Waals surface area contributed by atoms with Gasteiger partial charge in [-0.05, 0) is 70.3 Å². The molecule has 0 saturated carbocycles. The van der Waals surface area contributed by atoms with Crippen LogP contribution in [0.4, 0.5) is 0 Å². The van der Waals surface area contributed by atoms with E-state index < -0.39 is 0 Å². The molecule has 0 amide bonds. The summed E-state index contributed by atoms with van der Waals surface area (Å²) in [7, 11) is 0. The number of hydrogen-bond donors (Lipinski definition) is 0. The van der Waals surface area contributed by atoms with Crippen molar-refractivity contribution in [3.63, 3.8) is 0 Å². The monoisotopic (exact) mass is 705 g/mol. The molecule has 0 aliphatic heterocycles. The van der Waals surface area contributed by atoms with Crippen molar-refractivity contribution in [1.82, 2.24) is 4.98 Å². The van der Waals surface area contributed by atoms with E-state index >= 15 is 0 Å². The van der Waals surface area contributed by atoms with Crippen LogP contribution >= 0.6 is 0 Å². The van der Waals surface area contributed by atoms with E-state index in [2.05, 4.69) is 89.6 Å². The SMILES string of the molecule is C#CC#CC#CC#CC#COc1cc(-c2cc[c-]c(-c3nccc4ccccc34)c2)ccc1OCCCCC.[HH].[HH].[HH].[HH].[HH].[Ir]. The number of hydrogen-bond acceptors (Lipinski definition) is 3. The summed E-state index contributed by atoms with van der Waals surface area (Å²) in [6.45, 7) is 2.76. The van der Waals surface area contributed by atoms with Crippen LogP contribution in [-0.2, 0) is 20.1 Å². The molecule has 0 spiro atoms. The van der Waals surface area contributed by atoms with Gasteiger partial charge in [0.05, 0.1) is 6.61 Å². The van der Waals surface area contributed by atoms with Crippen molar-refractivity contribution in [2.24, 2.45) is 0 Å². The Morgan fingerprint density at radius 2 is 1.62 bits per heavy atom. The summed E-state index contributed by atoms with van der Waals surface area (Å²) in [6, 6.07) is 25.4. The molecule has 0 aliphatic carbocycles. The average Bonchev–Trinajstić information content (AvgIpc) is 2.98. The van der Waals surface area contributed by atoms with E-state index in [0.29, 0.717) is 18.1 Å². The fourth-order valence-corrected chi connectivity index (χ4v) is 3.84. The van der Waals surface area contributed by atoms with Crippen LogP contribution in [0.15, 0.2) is 72.9 Å². The third-order valence-corrected chi connectivity index (χ3v) is 5.67. The maximum absolute atomic E-state index is 6.01. The summed E-state index contributed by atoms with van der Waals surface area (Å²) in [6.07, 6.45) is 12.7. The average molecular weight is 705 g/mol. The van der Waals surface area contributed by atoms with Gasteiger partial charge >= 0.3 is 0 Å². The number of rotatable bonds is 8. The molecule has 4 aromatic rings. The minimum Gasteiger partial charge on any atom is -0.490 e. The van der Waals surface area contributed by atoms with Crippen molar-refractivity contribution in [3.05, 3.63) is 79.0 Å². The second kappa shape index (κ2) is 16.2. The van der Waals surface area contributed by atoms with E-state index in [1.54, 1.807) is 0 Å². The van der Waals surface area contributed by atoms with Gasteiger partial charge in [-0.25, -0.2) is 0 Å². The molecule has 0 N–H and O–H groups in total. The molecule has 205 valence electrons. The Hall–Kier alpha value is -4.88. The summed E-state index contributed by atoms with van der Waals surface area (Å²) in [4.78, 5) is 4.65. The Morgan fingerprint density at radius 3 is 2.45 bits per heavy atom. The van der Waals surface area contributed by atoms with Crippen molar-refractivity contribution in [3.8, 4) is 93.8 Å². The Kier molecular flexibility index (Phi) is 12.0. The summed E-state index contributed by atoms with van der Waals surface area (Å²) < 4.78 is 11.8. The van der Waals surface area contributed by atoms with E-state index in [-0.39, 0.29) is 27.2 Å². The van der Waals surface area contributed by atoms with Gasteiger partial charge in [0.2, 0.25) is 0 Å². The largest absolute Gasteiger partial charge is 0.490 e. The van der Waals surface area contributed by atoms with Crippen LogP contribution in [0.3, 0.4) is 0 Å². The maximum Gasteiger partial charge on any atom is 0.182 e. The molecule has 1 aromatic heterocycles. The van der Waals surface area contributed by atoms with Crippen LogP contribution in [0.1, 0.15) is 33.3 Å². The normalized spacial score (nSPS) is 9.00. The standard InChI is InChI=1S/C36H24NO2.Ir.5H2/c1-3-5-7-8-9-10-11-15-26-39-35-28-31(21-22-34(35)38-25-14-6-4-2)30-18-16-19-32(27-30)36-33-20-13-12-17-29(33)23-24-37-36;;;;;;/h1,12-13,16-18,20-24,27-28H,4,6,14,25H2,2H3;;5*1H/q-1;;;;;;. The second-order valence-electron chi connectivity index (χ2n) is 8.31. The zero-order chi connectivity index (χ0) is 27.1. The molecule has 3 aromatic carbocycles. The molecule has 40 heavy (non-hydrogen) atoms. The molecule has 0 unspecified atom stereocenters. The van der Waals surface area contributed by atoms with Gasteiger partial charge in [-0.15, -0.1) is 41.8 Å². The molecular weight excluding hydrogens is 671 g/mol. The number of ether oxygens (including phenoxy) is 2. The van der Waals surface area contributed by atoms with Gasteiger partial charge in [0, 0.05) is 57.1 Å². The van der Waals surface area contributed by atoms with Gasteiger partial charge in [0.1, 0.15) is 6.11 Å². The Balaban J connectivity index is -0.00000294. The van der Waals surface area contributed by atoms with Crippen LogP contribution in [0.5, 0.6) is 11.5 Å². The minimum absolute atomic E-state index is 0. The molecular formula is C36H34IrNO2-. The fourth-order valence-electron chi connectivity index (χ4n) is 3.84. The fraction of sp³-hybridized carbons (Fsp3) is 0.139. The second-order valence-corrected chi connectivity index (χ2v) is 8.31. The van der Waals surface area contributed by atoms with Gasteiger partial charge in [-0.1, -0.05) is 50.1 Å². The Morgan fingerprint density at radius 1 is 0.850 bits per heavy atom. The molecule has 4 rings (SSSR count). The summed E-state index contributed by atoms with van der Waals surface area (Å²) in [5, 5.41) is 2.21. The van der Waals surface area contributed by atoms with Crippen LogP contribution in [0.2, 0.25) is 0 Å². The summed E-state index contributed by atoms with van der Waals surface area (Å²) in [5.74, 6) is 21.1. The molecule has 0 atom stereocenters. The third-order valence-electron chi connectivity index (χ3n) is 5.67. The molecule has 3 nitrogen and oxygen atoms in total. The first-order valence-corrected chi connectivity index (χ1v) is 12.6. The molecule has 1 heterocycles. The Labute approximate surface area is 257 Å². The number of benzene rings is 3. The first-order valence-electron chi connectivity index (χ1n) is 12.6. The molecule has 0 bridgehead atoms. The minimum atomic E-state index is 0. The van der Waals surface area contributed by atoms with Crippen LogP contribution in [0, 0.1) is 66.0 Å². The predicted molar refractivity (Wildman–Crippen MR) is 168 cm³/mol. The smallest absolute Gasteiger partial charge is 0.182 e. The van der Waals surface area contributed by atoms with E-state index in [1.807, 2.05) is 54.7 Å². The van der Waals surface area contributed by atoms with Gasteiger partial charge < -0.3 is 14.5 Å². The first kappa shape index (κ1) is 29.7. The van der Waals surface area contributed by atoms with Crippen molar-refractivity contribution in [1.29, 1.82) is 0 Å². The van der Waals surface area contributed by atoms with Gasteiger partial charge in [0.15, 0.2) is 11.5 Å². The van der Waals surface area contributed by atoms with Gasteiger partial charge in [-0.2, -0.15) is 0 Å². The molecule has 0 fully saturated rings. The number of nitrogens with zero attached hydrogens (tertiary/aromatic N) is 1. The topological polar surface area (TPSA) is 31.4 Å². The number of pyridine rings is 1. The molecule has 0 aliphatic rings. The number of aromatic nitrogens is 1. The maximum atomic E-state index is 6.01. The van der Waals surface area contributed by atoms with Crippen molar-refractivity contribution in [2.45, 2.75) is 26.2 Å². The van der Waals surface area contributed by atoms with Gasteiger partial charge in [0.25, 0.3) is 0 Å². The van der Waals surface area contributed by atoms with E-state index in [9.17, 15) is 0 Å². The number of terminal acetylenes is 1. The predicted octanol–water partition coefficient (Wildman–Crippen LogP) is 8.15.